The molecule has 0 saturated carbocycles. The van der Waals surface area contributed by atoms with Crippen LogP contribution in [0.15, 0.2) is 18.3 Å². The standard InChI is InChI=1S/C15H25N3/c1-13(16-2)14-8-9-15(17-12-14)18-10-6-4-3-5-7-11-18/h8-9,12-13,16H,3-7,10-11H2,1-2H3. The Morgan fingerprint density at radius 2 is 1.78 bits per heavy atom. The van der Waals surface area contributed by atoms with Crippen molar-refractivity contribution in [3.63, 3.8) is 0 Å². The minimum absolute atomic E-state index is 0.374. The molecule has 1 aliphatic heterocycles. The topological polar surface area (TPSA) is 28.2 Å². The van der Waals surface area contributed by atoms with Gasteiger partial charge in [-0.25, -0.2) is 4.98 Å². The summed E-state index contributed by atoms with van der Waals surface area (Å²) in [5.74, 6) is 1.14. The van der Waals surface area contributed by atoms with Crippen LogP contribution in [0.3, 0.4) is 0 Å². The fourth-order valence-electron chi connectivity index (χ4n) is 2.48. The minimum Gasteiger partial charge on any atom is -0.357 e. The van der Waals surface area contributed by atoms with Gasteiger partial charge in [0.15, 0.2) is 0 Å². The fraction of sp³-hybridized carbons (Fsp3) is 0.667. The zero-order valence-corrected chi connectivity index (χ0v) is 11.7. The Morgan fingerprint density at radius 1 is 1.11 bits per heavy atom. The van der Waals surface area contributed by atoms with E-state index in [4.69, 9.17) is 0 Å². The normalized spacial score (nSPS) is 19.1. The maximum atomic E-state index is 4.63. The van der Waals surface area contributed by atoms with Crippen molar-refractivity contribution in [2.24, 2.45) is 0 Å². The molecule has 1 atom stereocenters. The van der Waals surface area contributed by atoms with Crippen LogP contribution in [0.25, 0.3) is 0 Å². The highest BCUT2D eigenvalue weighted by Crippen LogP contribution is 2.19. The van der Waals surface area contributed by atoms with Gasteiger partial charge in [-0.3, -0.25) is 0 Å². The first kappa shape index (κ1) is 13.3. The molecule has 1 unspecified atom stereocenters. The van der Waals surface area contributed by atoms with Crippen LogP contribution in [-0.4, -0.2) is 25.1 Å². The third kappa shape index (κ3) is 3.45. The molecule has 3 heteroatoms. The van der Waals surface area contributed by atoms with Crippen molar-refractivity contribution in [1.82, 2.24) is 10.3 Å². The number of anilines is 1. The first-order valence-corrected chi connectivity index (χ1v) is 7.19. The van der Waals surface area contributed by atoms with Crippen LogP contribution in [0, 0.1) is 0 Å². The van der Waals surface area contributed by atoms with E-state index in [1.165, 1.54) is 37.7 Å². The van der Waals surface area contributed by atoms with Gasteiger partial charge < -0.3 is 10.2 Å². The SMILES string of the molecule is CNC(C)c1ccc(N2CCCCCCC2)nc1. The van der Waals surface area contributed by atoms with Crippen molar-refractivity contribution in [3.8, 4) is 0 Å². The van der Waals surface area contributed by atoms with E-state index in [1.807, 2.05) is 13.2 Å². The highest BCUT2D eigenvalue weighted by molar-refractivity contribution is 5.39. The second-order valence-electron chi connectivity index (χ2n) is 5.21. The largest absolute Gasteiger partial charge is 0.357 e. The van der Waals surface area contributed by atoms with Gasteiger partial charge in [-0.2, -0.15) is 0 Å². The van der Waals surface area contributed by atoms with Gasteiger partial charge >= 0.3 is 0 Å². The van der Waals surface area contributed by atoms with Crippen molar-refractivity contribution in [2.75, 3.05) is 25.0 Å². The van der Waals surface area contributed by atoms with Crippen LogP contribution in [0.5, 0.6) is 0 Å². The van der Waals surface area contributed by atoms with Crippen LogP contribution in [0.1, 0.15) is 50.6 Å². The van der Waals surface area contributed by atoms with Gasteiger partial charge in [0.25, 0.3) is 0 Å². The molecule has 1 aliphatic rings. The molecule has 2 heterocycles. The number of hydrogen-bond donors (Lipinski definition) is 1. The number of nitrogens with zero attached hydrogens (tertiary/aromatic N) is 2. The Kier molecular flexibility index (Phi) is 5.00. The van der Waals surface area contributed by atoms with E-state index in [-0.39, 0.29) is 0 Å². The molecule has 3 nitrogen and oxygen atoms in total. The summed E-state index contributed by atoms with van der Waals surface area (Å²) in [5, 5.41) is 3.24. The van der Waals surface area contributed by atoms with Crippen LogP contribution in [-0.2, 0) is 0 Å². The zero-order chi connectivity index (χ0) is 12.8. The zero-order valence-electron chi connectivity index (χ0n) is 11.7. The van der Waals surface area contributed by atoms with E-state index in [1.54, 1.807) is 0 Å². The molecule has 1 fully saturated rings. The molecular formula is C15H25N3. The van der Waals surface area contributed by atoms with Gasteiger partial charge in [0.1, 0.15) is 5.82 Å². The molecule has 1 saturated heterocycles. The molecule has 0 aliphatic carbocycles. The van der Waals surface area contributed by atoms with E-state index < -0.39 is 0 Å². The van der Waals surface area contributed by atoms with Crippen LogP contribution in [0.4, 0.5) is 5.82 Å². The Labute approximate surface area is 111 Å². The van der Waals surface area contributed by atoms with E-state index in [0.29, 0.717) is 6.04 Å². The molecule has 0 bridgehead atoms. The van der Waals surface area contributed by atoms with Crippen LogP contribution >= 0.6 is 0 Å². The Balaban J connectivity index is 2.02. The maximum Gasteiger partial charge on any atom is 0.128 e. The van der Waals surface area contributed by atoms with E-state index in [0.717, 1.165) is 18.9 Å². The van der Waals surface area contributed by atoms with Gasteiger partial charge in [0, 0.05) is 25.3 Å². The van der Waals surface area contributed by atoms with Crippen LogP contribution < -0.4 is 10.2 Å². The van der Waals surface area contributed by atoms with Crippen molar-refractivity contribution in [1.29, 1.82) is 0 Å². The first-order chi connectivity index (χ1) is 8.81. The predicted molar refractivity (Wildman–Crippen MR) is 77.0 cm³/mol. The number of nitrogens with one attached hydrogen (secondary N) is 1. The van der Waals surface area contributed by atoms with Crippen molar-refractivity contribution in [3.05, 3.63) is 23.9 Å². The van der Waals surface area contributed by atoms with E-state index >= 15 is 0 Å². The van der Waals surface area contributed by atoms with E-state index in [9.17, 15) is 0 Å². The van der Waals surface area contributed by atoms with Gasteiger partial charge in [-0.1, -0.05) is 25.3 Å². The number of rotatable bonds is 3. The highest BCUT2D eigenvalue weighted by atomic mass is 15.2. The molecule has 0 spiro atoms. The Morgan fingerprint density at radius 3 is 2.33 bits per heavy atom. The average Bonchev–Trinajstić information content (AvgIpc) is 2.38. The molecule has 0 radical (unpaired) electrons. The monoisotopic (exact) mass is 247 g/mol. The summed E-state index contributed by atoms with van der Waals surface area (Å²) in [6.07, 6.45) is 8.75. The molecule has 1 N–H and O–H groups in total. The van der Waals surface area contributed by atoms with E-state index in [2.05, 4.69) is 34.3 Å². The Bertz CT molecular complexity index is 339. The molecule has 100 valence electrons. The molecule has 2 rings (SSSR count). The third-order valence-corrected chi connectivity index (χ3v) is 3.88. The van der Waals surface area contributed by atoms with Gasteiger partial charge in [-0.15, -0.1) is 0 Å². The minimum atomic E-state index is 0.374. The lowest BCUT2D eigenvalue weighted by Crippen LogP contribution is -2.27. The second kappa shape index (κ2) is 6.74. The van der Waals surface area contributed by atoms with Crippen molar-refractivity contribution >= 4 is 5.82 Å². The summed E-state index contributed by atoms with van der Waals surface area (Å²) >= 11 is 0. The highest BCUT2D eigenvalue weighted by Gasteiger charge is 2.10. The molecular weight excluding hydrogens is 222 g/mol. The third-order valence-electron chi connectivity index (χ3n) is 3.88. The molecule has 18 heavy (non-hydrogen) atoms. The predicted octanol–water partition coefficient (Wildman–Crippen LogP) is 3.13. The number of aromatic nitrogens is 1. The first-order valence-electron chi connectivity index (χ1n) is 7.19. The smallest absolute Gasteiger partial charge is 0.128 e. The molecule has 1 aromatic heterocycles. The summed E-state index contributed by atoms with van der Waals surface area (Å²) in [6, 6.07) is 4.74. The molecule has 1 aromatic rings. The average molecular weight is 247 g/mol. The number of pyridine rings is 1. The molecule has 0 aromatic carbocycles. The van der Waals surface area contributed by atoms with Gasteiger partial charge in [0.2, 0.25) is 0 Å². The quantitative estimate of drug-likeness (QED) is 0.889. The van der Waals surface area contributed by atoms with Gasteiger partial charge in [0.05, 0.1) is 0 Å². The van der Waals surface area contributed by atoms with Crippen LogP contribution in [0.2, 0.25) is 0 Å². The summed E-state index contributed by atoms with van der Waals surface area (Å²) in [7, 11) is 1.98. The van der Waals surface area contributed by atoms with Crippen molar-refractivity contribution in [2.45, 2.75) is 45.1 Å². The fourth-order valence-corrected chi connectivity index (χ4v) is 2.48. The summed E-state index contributed by atoms with van der Waals surface area (Å²) in [6.45, 7) is 4.48. The van der Waals surface area contributed by atoms with Gasteiger partial charge in [-0.05, 0) is 38.4 Å². The second-order valence-corrected chi connectivity index (χ2v) is 5.21. The lowest BCUT2D eigenvalue weighted by atomic mass is 10.1. The lowest BCUT2D eigenvalue weighted by Gasteiger charge is -2.26. The number of hydrogen-bond acceptors (Lipinski definition) is 3. The summed E-state index contributed by atoms with van der Waals surface area (Å²) < 4.78 is 0. The summed E-state index contributed by atoms with van der Waals surface area (Å²) in [4.78, 5) is 7.07. The summed E-state index contributed by atoms with van der Waals surface area (Å²) in [5.41, 5.74) is 1.26. The lowest BCUT2D eigenvalue weighted by molar-refractivity contribution is 0.553. The molecule has 0 amide bonds. The Hall–Kier alpha value is -1.09. The van der Waals surface area contributed by atoms with Crippen molar-refractivity contribution < 1.29 is 0 Å². The maximum absolute atomic E-state index is 4.63.